The lowest BCUT2D eigenvalue weighted by Crippen LogP contribution is -2.47. The van der Waals surface area contributed by atoms with Crippen LogP contribution in [0.1, 0.15) is 18.5 Å². The highest BCUT2D eigenvalue weighted by molar-refractivity contribution is 5.78. The smallest absolute Gasteiger partial charge is 0.228 e. The Bertz CT molecular complexity index is 574. The normalized spacial score (nSPS) is 19.4. The first-order chi connectivity index (χ1) is 9.76. The Labute approximate surface area is 118 Å². The predicted molar refractivity (Wildman–Crippen MR) is 77.6 cm³/mol. The Balaban J connectivity index is 1.68. The van der Waals surface area contributed by atoms with Crippen LogP contribution in [0.2, 0.25) is 0 Å². The number of piperidine rings is 1. The topological polar surface area (TPSA) is 49.6 Å². The third-order valence-electron chi connectivity index (χ3n) is 3.93. The van der Waals surface area contributed by atoms with Crippen LogP contribution in [0.15, 0.2) is 30.6 Å². The molecule has 0 radical (unpaired) electrons. The molecule has 5 nitrogen and oxygen atoms in total. The van der Waals surface area contributed by atoms with Crippen molar-refractivity contribution in [2.75, 3.05) is 20.1 Å². The summed E-state index contributed by atoms with van der Waals surface area (Å²) in [7, 11) is 1.96. The summed E-state index contributed by atoms with van der Waals surface area (Å²) in [6.07, 6.45) is 6.50. The Morgan fingerprint density at radius 3 is 3.20 bits per heavy atom. The van der Waals surface area contributed by atoms with Gasteiger partial charge in [0.2, 0.25) is 5.91 Å². The van der Waals surface area contributed by atoms with E-state index in [1.54, 1.807) is 0 Å². The van der Waals surface area contributed by atoms with E-state index in [0.717, 1.165) is 37.3 Å². The molecule has 0 spiro atoms. The van der Waals surface area contributed by atoms with Crippen LogP contribution < -0.4 is 5.32 Å². The minimum absolute atomic E-state index is 0.174. The van der Waals surface area contributed by atoms with Crippen molar-refractivity contribution in [3.05, 3.63) is 36.3 Å². The van der Waals surface area contributed by atoms with Crippen LogP contribution >= 0.6 is 0 Å². The van der Waals surface area contributed by atoms with Gasteiger partial charge in [-0.3, -0.25) is 4.79 Å². The van der Waals surface area contributed by atoms with Crippen molar-refractivity contribution in [3.8, 4) is 0 Å². The number of carbonyl (C=O) groups is 1. The molecule has 106 valence electrons. The second kappa shape index (κ2) is 5.63. The number of carbonyl (C=O) groups excluding carboxylic acids is 1. The van der Waals surface area contributed by atoms with Crippen molar-refractivity contribution in [1.29, 1.82) is 0 Å². The molecule has 5 heteroatoms. The maximum absolute atomic E-state index is 12.4. The van der Waals surface area contributed by atoms with E-state index >= 15 is 0 Å². The van der Waals surface area contributed by atoms with Crippen molar-refractivity contribution in [1.82, 2.24) is 19.6 Å². The van der Waals surface area contributed by atoms with Gasteiger partial charge in [0, 0.05) is 31.5 Å². The summed E-state index contributed by atoms with van der Waals surface area (Å²) in [6.45, 7) is 1.67. The number of amides is 1. The highest BCUT2D eigenvalue weighted by Gasteiger charge is 2.23. The quantitative estimate of drug-likeness (QED) is 0.910. The molecule has 1 aliphatic rings. The third-order valence-corrected chi connectivity index (χ3v) is 3.93. The first-order valence-electron chi connectivity index (χ1n) is 7.14. The number of nitrogens with zero attached hydrogens (tertiary/aromatic N) is 3. The molecule has 0 bridgehead atoms. The van der Waals surface area contributed by atoms with E-state index in [4.69, 9.17) is 0 Å². The SMILES string of the molecule is CNC1CCCN(C(=O)Cc2cn3ccccc3n2)C1. The Kier molecular flexibility index (Phi) is 3.69. The van der Waals surface area contributed by atoms with Gasteiger partial charge in [0.25, 0.3) is 0 Å². The van der Waals surface area contributed by atoms with Crippen LogP contribution in [0.4, 0.5) is 0 Å². The Morgan fingerprint density at radius 2 is 2.40 bits per heavy atom. The summed E-state index contributed by atoms with van der Waals surface area (Å²) in [5.74, 6) is 0.174. The van der Waals surface area contributed by atoms with Crippen LogP contribution in [0.3, 0.4) is 0 Å². The molecule has 3 rings (SSSR count). The molecule has 3 heterocycles. The number of rotatable bonds is 3. The lowest BCUT2D eigenvalue weighted by Gasteiger charge is -2.32. The van der Waals surface area contributed by atoms with E-state index in [-0.39, 0.29) is 5.91 Å². The van der Waals surface area contributed by atoms with Gasteiger partial charge in [-0.2, -0.15) is 0 Å². The van der Waals surface area contributed by atoms with Crippen molar-refractivity contribution in [3.63, 3.8) is 0 Å². The Morgan fingerprint density at radius 1 is 1.50 bits per heavy atom. The number of likely N-dealkylation sites (tertiary alicyclic amines) is 1. The van der Waals surface area contributed by atoms with E-state index in [1.165, 1.54) is 0 Å². The third kappa shape index (κ3) is 2.67. The molecule has 1 saturated heterocycles. The van der Waals surface area contributed by atoms with E-state index in [2.05, 4.69) is 10.3 Å². The van der Waals surface area contributed by atoms with Crippen molar-refractivity contribution in [2.24, 2.45) is 0 Å². The molecule has 1 amide bonds. The van der Waals surface area contributed by atoms with Gasteiger partial charge in [-0.25, -0.2) is 4.98 Å². The van der Waals surface area contributed by atoms with Crippen LogP contribution in [-0.2, 0) is 11.2 Å². The highest BCUT2D eigenvalue weighted by Crippen LogP contribution is 2.12. The van der Waals surface area contributed by atoms with Gasteiger partial charge in [0.1, 0.15) is 5.65 Å². The van der Waals surface area contributed by atoms with E-state index in [0.29, 0.717) is 12.5 Å². The molecule has 2 aromatic heterocycles. The van der Waals surface area contributed by atoms with E-state index in [1.807, 2.05) is 46.9 Å². The second-order valence-corrected chi connectivity index (χ2v) is 5.34. The molecular formula is C15H20N4O. The molecule has 20 heavy (non-hydrogen) atoms. The minimum atomic E-state index is 0.174. The van der Waals surface area contributed by atoms with Gasteiger partial charge in [-0.05, 0) is 32.0 Å². The molecule has 0 saturated carbocycles. The number of hydrogen-bond acceptors (Lipinski definition) is 3. The largest absolute Gasteiger partial charge is 0.341 e. The fourth-order valence-corrected chi connectivity index (χ4v) is 2.78. The number of likely N-dealkylation sites (N-methyl/N-ethyl adjacent to an activating group) is 1. The summed E-state index contributed by atoms with van der Waals surface area (Å²) >= 11 is 0. The van der Waals surface area contributed by atoms with Gasteiger partial charge >= 0.3 is 0 Å². The zero-order valence-electron chi connectivity index (χ0n) is 11.7. The molecular weight excluding hydrogens is 252 g/mol. The van der Waals surface area contributed by atoms with Crippen molar-refractivity contribution < 1.29 is 4.79 Å². The summed E-state index contributed by atoms with van der Waals surface area (Å²) in [6, 6.07) is 6.29. The maximum atomic E-state index is 12.4. The van der Waals surface area contributed by atoms with Crippen LogP contribution in [0.5, 0.6) is 0 Å². The number of fused-ring (bicyclic) bond motifs is 1. The van der Waals surface area contributed by atoms with Gasteiger partial charge in [0.15, 0.2) is 0 Å². The monoisotopic (exact) mass is 272 g/mol. The summed E-state index contributed by atoms with van der Waals surface area (Å²) in [4.78, 5) is 18.8. The standard InChI is InChI=1S/C15H20N4O/c1-16-12-5-4-8-19(10-12)15(20)9-13-11-18-7-3-2-6-14(18)17-13/h2-3,6-7,11-12,16H,4-5,8-10H2,1H3. The number of aromatic nitrogens is 2. The number of pyridine rings is 1. The molecule has 0 aromatic carbocycles. The average Bonchev–Trinajstić information content (AvgIpc) is 2.89. The van der Waals surface area contributed by atoms with Crippen LogP contribution in [0, 0.1) is 0 Å². The second-order valence-electron chi connectivity index (χ2n) is 5.34. The summed E-state index contributed by atoms with van der Waals surface area (Å²) < 4.78 is 1.95. The molecule has 2 aromatic rings. The molecule has 1 fully saturated rings. The molecule has 1 unspecified atom stereocenters. The Hall–Kier alpha value is -1.88. The van der Waals surface area contributed by atoms with Gasteiger partial charge in [-0.1, -0.05) is 6.07 Å². The fraction of sp³-hybridized carbons (Fsp3) is 0.467. The molecule has 1 N–H and O–H groups in total. The average molecular weight is 272 g/mol. The first-order valence-corrected chi connectivity index (χ1v) is 7.14. The number of nitrogens with one attached hydrogen (secondary N) is 1. The molecule has 1 atom stereocenters. The van der Waals surface area contributed by atoms with Crippen LogP contribution in [-0.4, -0.2) is 46.4 Å². The zero-order chi connectivity index (χ0) is 13.9. The van der Waals surface area contributed by atoms with Gasteiger partial charge < -0.3 is 14.6 Å². The highest BCUT2D eigenvalue weighted by atomic mass is 16.2. The van der Waals surface area contributed by atoms with Gasteiger partial charge in [0.05, 0.1) is 12.1 Å². The number of imidazole rings is 1. The number of hydrogen-bond donors (Lipinski definition) is 1. The first kappa shape index (κ1) is 13.1. The fourth-order valence-electron chi connectivity index (χ4n) is 2.78. The van der Waals surface area contributed by atoms with Crippen molar-refractivity contribution in [2.45, 2.75) is 25.3 Å². The zero-order valence-corrected chi connectivity index (χ0v) is 11.7. The molecule has 0 aliphatic carbocycles. The van der Waals surface area contributed by atoms with Crippen LogP contribution in [0.25, 0.3) is 5.65 Å². The lowest BCUT2D eigenvalue weighted by molar-refractivity contribution is -0.131. The van der Waals surface area contributed by atoms with E-state index in [9.17, 15) is 4.79 Å². The summed E-state index contributed by atoms with van der Waals surface area (Å²) in [5, 5.41) is 3.26. The minimum Gasteiger partial charge on any atom is -0.341 e. The summed E-state index contributed by atoms with van der Waals surface area (Å²) in [5.41, 5.74) is 1.73. The maximum Gasteiger partial charge on any atom is 0.228 e. The molecule has 1 aliphatic heterocycles. The van der Waals surface area contributed by atoms with Crippen molar-refractivity contribution >= 4 is 11.6 Å². The predicted octanol–water partition coefficient (Wildman–Crippen LogP) is 1.09. The van der Waals surface area contributed by atoms with E-state index < -0.39 is 0 Å². The lowest BCUT2D eigenvalue weighted by atomic mass is 10.1. The van der Waals surface area contributed by atoms with Gasteiger partial charge in [-0.15, -0.1) is 0 Å².